The predicted octanol–water partition coefficient (Wildman–Crippen LogP) is 1.57. The van der Waals surface area contributed by atoms with Crippen LogP contribution in [0.4, 0.5) is 5.69 Å². The fraction of sp³-hybridized carbons (Fsp3) is 0.533. The largest absolute Gasteiger partial charge is 1.00 e. The maximum absolute atomic E-state index is 14.0. The van der Waals surface area contributed by atoms with Gasteiger partial charge in [0.25, 0.3) is 5.91 Å². The molecular formula is C30H40ClN3O3. The van der Waals surface area contributed by atoms with Gasteiger partial charge in [0.05, 0.1) is 13.1 Å². The van der Waals surface area contributed by atoms with Crippen molar-refractivity contribution < 1.29 is 31.2 Å². The van der Waals surface area contributed by atoms with E-state index >= 15 is 0 Å². The van der Waals surface area contributed by atoms with Crippen molar-refractivity contribution in [3.8, 4) is 0 Å². The Morgan fingerprint density at radius 2 is 1.54 bits per heavy atom. The van der Waals surface area contributed by atoms with E-state index in [1.54, 1.807) is 0 Å². The highest BCUT2D eigenvalue weighted by Gasteiger charge is 2.51. The number of nitrogens with one attached hydrogen (secondary N) is 1. The Balaban J connectivity index is 0.00000320. The third-order valence-corrected chi connectivity index (χ3v) is 8.81. The number of hydrogen-bond acceptors (Lipinski definition) is 4. The molecule has 200 valence electrons. The molecule has 0 aromatic heterocycles. The summed E-state index contributed by atoms with van der Waals surface area (Å²) in [6.45, 7) is 6.98. The third kappa shape index (κ3) is 6.02. The van der Waals surface area contributed by atoms with Crippen molar-refractivity contribution in [2.45, 2.75) is 57.1 Å². The zero-order chi connectivity index (χ0) is 25.0. The van der Waals surface area contributed by atoms with Gasteiger partial charge in [-0.3, -0.25) is 9.69 Å². The number of hydrogen-bond donors (Lipinski definition) is 1. The first-order valence-electron chi connectivity index (χ1n) is 13.7. The molecule has 2 atom stereocenters. The number of benzene rings is 2. The number of ether oxygens (including phenoxy) is 1. The second-order valence-electron chi connectivity index (χ2n) is 11.2. The van der Waals surface area contributed by atoms with Crippen LogP contribution in [-0.4, -0.2) is 66.6 Å². The third-order valence-electron chi connectivity index (χ3n) is 8.81. The number of para-hydroxylation sites is 1. The number of carbonyl (C=O) groups excluding carboxylic acids is 2. The molecule has 0 aliphatic carbocycles. The Hall–Kier alpha value is -2.41. The van der Waals surface area contributed by atoms with Crippen LogP contribution in [0.3, 0.4) is 0 Å². The second-order valence-corrected chi connectivity index (χ2v) is 11.2. The first-order valence-corrected chi connectivity index (χ1v) is 13.7. The van der Waals surface area contributed by atoms with Crippen LogP contribution >= 0.6 is 0 Å². The molecule has 1 N–H and O–H groups in total. The zero-order valence-electron chi connectivity index (χ0n) is 21.9. The van der Waals surface area contributed by atoms with Crippen LogP contribution in [0.2, 0.25) is 0 Å². The van der Waals surface area contributed by atoms with E-state index < -0.39 is 5.54 Å². The van der Waals surface area contributed by atoms with Crippen molar-refractivity contribution >= 4 is 17.6 Å². The highest BCUT2D eigenvalue weighted by Crippen LogP contribution is 2.38. The molecule has 0 radical (unpaired) electrons. The molecule has 37 heavy (non-hydrogen) atoms. The predicted molar refractivity (Wildman–Crippen MR) is 141 cm³/mol. The standard InChI is InChI=1S/C30H39N3O3.ClH/c1-30(25-12-6-4-7-13-25,32-18-10-2-3-11-19-32)29(35)36-27-22-33(20-16-24(27)17-21-33)23-28(34)31-26-14-8-5-9-15-26;/h4-9,12-15,24,27H,2-3,10-11,16-23H2,1H3;1H/t24?,27-,30?,33?;/m0./s1. The summed E-state index contributed by atoms with van der Waals surface area (Å²) in [4.78, 5) is 29.3. The van der Waals surface area contributed by atoms with Crippen molar-refractivity contribution in [1.82, 2.24) is 4.90 Å². The van der Waals surface area contributed by atoms with Crippen LogP contribution in [0.5, 0.6) is 0 Å². The molecule has 2 bridgehead atoms. The molecule has 6 nitrogen and oxygen atoms in total. The highest BCUT2D eigenvalue weighted by atomic mass is 35.5. The van der Waals surface area contributed by atoms with E-state index in [9.17, 15) is 9.59 Å². The van der Waals surface area contributed by atoms with Gasteiger partial charge in [0, 0.05) is 24.4 Å². The lowest BCUT2D eigenvalue weighted by Crippen LogP contribution is -3.00. The van der Waals surface area contributed by atoms with E-state index in [-0.39, 0.29) is 30.4 Å². The average molecular weight is 526 g/mol. The van der Waals surface area contributed by atoms with E-state index in [2.05, 4.69) is 29.3 Å². The van der Waals surface area contributed by atoms with Gasteiger partial charge >= 0.3 is 5.97 Å². The number of likely N-dealkylation sites (tertiary alicyclic amines) is 1. The molecule has 1 unspecified atom stereocenters. The summed E-state index contributed by atoms with van der Waals surface area (Å²) in [6.07, 6.45) is 6.51. The first-order chi connectivity index (χ1) is 17.5. The summed E-state index contributed by atoms with van der Waals surface area (Å²) < 4.78 is 7.14. The molecule has 4 aliphatic rings. The quantitative estimate of drug-likeness (QED) is 0.440. The monoisotopic (exact) mass is 525 g/mol. The van der Waals surface area contributed by atoms with Crippen LogP contribution in [-0.2, 0) is 19.9 Å². The summed E-state index contributed by atoms with van der Waals surface area (Å²) in [5.41, 5.74) is 1.03. The number of anilines is 1. The normalized spacial score (nSPS) is 27.3. The number of quaternary nitrogens is 1. The van der Waals surface area contributed by atoms with Gasteiger partial charge in [-0.05, 0) is 50.6 Å². The fourth-order valence-corrected chi connectivity index (χ4v) is 6.57. The molecule has 7 heteroatoms. The van der Waals surface area contributed by atoms with Gasteiger partial charge in [0.2, 0.25) is 0 Å². The first kappa shape index (κ1) is 27.6. The smallest absolute Gasteiger partial charge is 0.331 e. The maximum atomic E-state index is 14.0. The van der Waals surface area contributed by atoms with Gasteiger partial charge < -0.3 is 26.9 Å². The highest BCUT2D eigenvalue weighted by molar-refractivity contribution is 5.91. The molecule has 0 spiro atoms. The van der Waals surface area contributed by atoms with E-state index in [1.165, 1.54) is 12.8 Å². The Morgan fingerprint density at radius 1 is 0.946 bits per heavy atom. The maximum Gasteiger partial charge on any atom is 0.331 e. The van der Waals surface area contributed by atoms with Crippen molar-refractivity contribution in [3.05, 3.63) is 66.2 Å². The fourth-order valence-electron chi connectivity index (χ4n) is 6.57. The summed E-state index contributed by atoms with van der Waals surface area (Å²) in [7, 11) is 0. The number of carbonyl (C=O) groups is 2. The Labute approximate surface area is 227 Å². The SMILES string of the molecule is CC(C(=O)O[C@H]1C[N+]2(CC(=O)Nc3ccccc3)CCC1CC2)(c1ccccc1)N1CCCCCC1.[Cl-]. The molecule has 4 fully saturated rings. The number of amides is 1. The molecule has 6 rings (SSSR count). The molecule has 1 amide bonds. The van der Waals surface area contributed by atoms with E-state index in [0.29, 0.717) is 16.9 Å². The molecule has 0 saturated carbocycles. The Morgan fingerprint density at radius 3 is 2.16 bits per heavy atom. The minimum Gasteiger partial charge on any atom is -1.00 e. The van der Waals surface area contributed by atoms with E-state index in [0.717, 1.165) is 69.7 Å². The van der Waals surface area contributed by atoms with E-state index in [1.807, 2.05) is 48.5 Å². The van der Waals surface area contributed by atoms with Gasteiger partial charge in [-0.25, -0.2) is 4.79 Å². The molecular weight excluding hydrogens is 486 g/mol. The molecule has 4 aliphatic heterocycles. The van der Waals surface area contributed by atoms with Crippen LogP contribution in [0.15, 0.2) is 60.7 Å². The summed E-state index contributed by atoms with van der Waals surface area (Å²) in [5, 5.41) is 3.05. The van der Waals surface area contributed by atoms with Crippen LogP contribution in [0, 0.1) is 5.92 Å². The van der Waals surface area contributed by atoms with Crippen molar-refractivity contribution in [2.24, 2.45) is 5.92 Å². The van der Waals surface area contributed by atoms with E-state index in [4.69, 9.17) is 4.74 Å². The number of esters is 1. The molecule has 4 heterocycles. The minimum atomic E-state index is -0.798. The summed E-state index contributed by atoms with van der Waals surface area (Å²) >= 11 is 0. The Kier molecular flexibility index (Phi) is 8.94. The average Bonchev–Trinajstić information content (AvgIpc) is 3.20. The number of halogens is 1. The lowest BCUT2D eigenvalue weighted by molar-refractivity contribution is -0.939. The number of fused-ring (bicyclic) bond motifs is 3. The summed E-state index contributed by atoms with van der Waals surface area (Å²) in [5.74, 6) is 0.279. The topological polar surface area (TPSA) is 58.6 Å². The Bertz CT molecular complexity index is 1030. The number of rotatable bonds is 7. The lowest BCUT2D eigenvalue weighted by Gasteiger charge is -2.52. The van der Waals surface area contributed by atoms with Gasteiger partial charge in [0.1, 0.15) is 12.1 Å². The van der Waals surface area contributed by atoms with Gasteiger partial charge in [-0.15, -0.1) is 0 Å². The molecule has 2 aromatic rings. The molecule has 2 aromatic carbocycles. The number of piperidine rings is 3. The van der Waals surface area contributed by atoms with Crippen molar-refractivity contribution in [3.63, 3.8) is 0 Å². The lowest BCUT2D eigenvalue weighted by atomic mass is 9.82. The van der Waals surface area contributed by atoms with Crippen LogP contribution in [0.25, 0.3) is 0 Å². The van der Waals surface area contributed by atoms with Gasteiger partial charge in [-0.2, -0.15) is 0 Å². The zero-order valence-corrected chi connectivity index (χ0v) is 22.7. The minimum absolute atomic E-state index is 0. The number of nitrogens with zero attached hydrogens (tertiary/aromatic N) is 2. The molecule has 4 saturated heterocycles. The second kappa shape index (κ2) is 12.0. The van der Waals surface area contributed by atoms with Gasteiger partial charge in [0.15, 0.2) is 12.6 Å². The summed E-state index contributed by atoms with van der Waals surface area (Å²) in [6, 6.07) is 19.8. The van der Waals surface area contributed by atoms with Crippen LogP contribution in [0.1, 0.15) is 51.0 Å². The van der Waals surface area contributed by atoms with Crippen LogP contribution < -0.4 is 17.7 Å². The van der Waals surface area contributed by atoms with Crippen molar-refractivity contribution in [2.75, 3.05) is 44.6 Å². The van der Waals surface area contributed by atoms with Crippen molar-refractivity contribution in [1.29, 1.82) is 0 Å². The van der Waals surface area contributed by atoms with Gasteiger partial charge in [-0.1, -0.05) is 61.4 Å².